The van der Waals surface area contributed by atoms with Gasteiger partial charge >= 0.3 is 0 Å². The van der Waals surface area contributed by atoms with Gasteiger partial charge < -0.3 is 25.2 Å². The predicted octanol–water partition coefficient (Wildman–Crippen LogP) is -2.19. The topological polar surface area (TPSA) is 90.2 Å². The molecule has 11 heavy (non-hydrogen) atoms. The molecule has 0 aromatic rings. The summed E-state index contributed by atoms with van der Waals surface area (Å²) in [7, 11) is 0. The molecule has 1 saturated heterocycles. The van der Waals surface area contributed by atoms with Crippen molar-refractivity contribution in [2.75, 3.05) is 0 Å². The molecule has 4 N–H and O–H groups in total. The molecule has 0 unspecified atom stereocenters. The van der Waals surface area contributed by atoms with Crippen molar-refractivity contribution in [2.45, 2.75) is 37.6 Å². The van der Waals surface area contributed by atoms with E-state index in [0.29, 0.717) is 0 Å². The van der Waals surface area contributed by atoms with Crippen LogP contribution in [0.1, 0.15) is 6.92 Å². The Bertz CT molecular complexity index is 137. The van der Waals surface area contributed by atoms with Crippen LogP contribution in [0.4, 0.5) is 0 Å². The van der Waals surface area contributed by atoms with Crippen molar-refractivity contribution in [3.05, 3.63) is 0 Å². The molecule has 0 aliphatic carbocycles. The highest BCUT2D eigenvalue weighted by molar-refractivity contribution is 4.88. The van der Waals surface area contributed by atoms with Crippen LogP contribution in [0.3, 0.4) is 0 Å². The van der Waals surface area contributed by atoms with E-state index in [0.717, 1.165) is 0 Å². The van der Waals surface area contributed by atoms with Gasteiger partial charge in [-0.2, -0.15) is 0 Å². The quantitative estimate of drug-likeness (QED) is 0.353. The molecule has 0 aromatic heterocycles. The average molecular weight is 164 g/mol. The van der Waals surface area contributed by atoms with E-state index in [9.17, 15) is 0 Å². The zero-order valence-corrected chi connectivity index (χ0v) is 6.08. The standard InChI is InChI=1S/C6H12O5/c1-2(7)5-3(8)4(9)6(10)11-5/h2-10H,1H3/t2-,3-,4-,5-,6-/m0/s1. The van der Waals surface area contributed by atoms with Gasteiger partial charge in [0.15, 0.2) is 6.29 Å². The Morgan fingerprint density at radius 3 is 1.91 bits per heavy atom. The summed E-state index contributed by atoms with van der Waals surface area (Å²) in [6.07, 6.45) is -5.75. The van der Waals surface area contributed by atoms with Crippen LogP contribution in [0, 0.1) is 0 Å². The maximum atomic E-state index is 9.10. The fourth-order valence-electron chi connectivity index (χ4n) is 1.08. The summed E-state index contributed by atoms with van der Waals surface area (Å²) in [6, 6.07) is 0. The van der Waals surface area contributed by atoms with Gasteiger partial charge in [-0.25, -0.2) is 0 Å². The number of ether oxygens (including phenoxy) is 1. The summed E-state index contributed by atoms with van der Waals surface area (Å²) >= 11 is 0. The SMILES string of the molecule is C[C@H](O)[C@@H]1O[C@H](O)[C@@H](O)[C@@H]1O. The second kappa shape index (κ2) is 3.04. The number of hydrogen-bond donors (Lipinski definition) is 4. The normalized spacial score (nSPS) is 47.7. The van der Waals surface area contributed by atoms with E-state index in [2.05, 4.69) is 4.74 Å². The minimum atomic E-state index is -1.40. The Morgan fingerprint density at radius 1 is 1.18 bits per heavy atom. The molecule has 5 nitrogen and oxygen atoms in total. The Balaban J connectivity index is 2.59. The average Bonchev–Trinajstić information content (AvgIpc) is 2.17. The molecule has 66 valence electrons. The first-order chi connectivity index (χ1) is 5.04. The monoisotopic (exact) mass is 164 g/mol. The minimum Gasteiger partial charge on any atom is -0.391 e. The van der Waals surface area contributed by atoms with Crippen LogP contribution in [0.5, 0.6) is 0 Å². The molecule has 1 fully saturated rings. The summed E-state index contributed by atoms with van der Waals surface area (Å²) in [6.45, 7) is 1.42. The third-order valence-electron chi connectivity index (χ3n) is 1.75. The largest absolute Gasteiger partial charge is 0.391 e. The molecule has 0 spiro atoms. The highest BCUT2D eigenvalue weighted by atomic mass is 16.6. The van der Waals surface area contributed by atoms with Crippen molar-refractivity contribution < 1.29 is 25.2 Å². The van der Waals surface area contributed by atoms with Crippen LogP contribution in [0.2, 0.25) is 0 Å². The van der Waals surface area contributed by atoms with Gasteiger partial charge in [0.2, 0.25) is 0 Å². The predicted molar refractivity (Wildman–Crippen MR) is 34.6 cm³/mol. The van der Waals surface area contributed by atoms with Gasteiger partial charge in [-0.3, -0.25) is 0 Å². The smallest absolute Gasteiger partial charge is 0.184 e. The molecule has 5 heteroatoms. The molecular formula is C6H12O5. The van der Waals surface area contributed by atoms with Crippen LogP contribution in [-0.2, 0) is 4.74 Å². The van der Waals surface area contributed by atoms with Crippen LogP contribution < -0.4 is 0 Å². The first-order valence-corrected chi connectivity index (χ1v) is 3.41. The Kier molecular flexibility index (Phi) is 2.46. The fourth-order valence-corrected chi connectivity index (χ4v) is 1.08. The van der Waals surface area contributed by atoms with E-state index in [1.807, 2.05) is 0 Å². The molecular weight excluding hydrogens is 152 g/mol. The van der Waals surface area contributed by atoms with E-state index < -0.39 is 30.7 Å². The highest BCUT2D eigenvalue weighted by Crippen LogP contribution is 2.21. The third kappa shape index (κ3) is 1.52. The summed E-state index contributed by atoms with van der Waals surface area (Å²) in [5, 5.41) is 35.8. The molecule has 0 amide bonds. The third-order valence-corrected chi connectivity index (χ3v) is 1.75. The lowest BCUT2D eigenvalue weighted by molar-refractivity contribution is -0.143. The molecule has 0 saturated carbocycles. The second-order valence-electron chi connectivity index (χ2n) is 2.71. The fraction of sp³-hybridized carbons (Fsp3) is 1.00. The highest BCUT2D eigenvalue weighted by Gasteiger charge is 2.43. The maximum Gasteiger partial charge on any atom is 0.184 e. The molecule has 1 aliphatic heterocycles. The van der Waals surface area contributed by atoms with Crippen molar-refractivity contribution in [3.8, 4) is 0 Å². The minimum absolute atomic E-state index is 0.903. The van der Waals surface area contributed by atoms with Crippen molar-refractivity contribution in [1.82, 2.24) is 0 Å². The molecule has 0 aromatic carbocycles. The van der Waals surface area contributed by atoms with Gasteiger partial charge in [-0.1, -0.05) is 0 Å². The lowest BCUT2D eigenvalue weighted by atomic mass is 10.1. The molecule has 1 heterocycles. The molecule has 0 radical (unpaired) electrons. The summed E-state index contributed by atoms with van der Waals surface area (Å²) in [5.41, 5.74) is 0. The van der Waals surface area contributed by atoms with E-state index in [1.54, 1.807) is 0 Å². The van der Waals surface area contributed by atoms with Gasteiger partial charge in [0.05, 0.1) is 6.10 Å². The lowest BCUT2D eigenvalue weighted by Gasteiger charge is -2.16. The second-order valence-corrected chi connectivity index (χ2v) is 2.71. The van der Waals surface area contributed by atoms with E-state index in [-0.39, 0.29) is 0 Å². The summed E-state index contributed by atoms with van der Waals surface area (Å²) in [5.74, 6) is 0. The number of rotatable bonds is 1. The van der Waals surface area contributed by atoms with E-state index >= 15 is 0 Å². The molecule has 1 rings (SSSR count). The Labute approximate surface area is 63.8 Å². The van der Waals surface area contributed by atoms with Crippen molar-refractivity contribution in [1.29, 1.82) is 0 Å². The lowest BCUT2D eigenvalue weighted by Crippen LogP contribution is -2.37. The number of aliphatic hydroxyl groups excluding tert-OH is 4. The first kappa shape index (κ1) is 8.89. The number of aliphatic hydroxyl groups is 4. The molecule has 1 aliphatic rings. The van der Waals surface area contributed by atoms with Crippen LogP contribution in [0.25, 0.3) is 0 Å². The van der Waals surface area contributed by atoms with Crippen LogP contribution >= 0.6 is 0 Å². The van der Waals surface area contributed by atoms with Gasteiger partial charge in [-0.15, -0.1) is 0 Å². The van der Waals surface area contributed by atoms with Crippen molar-refractivity contribution in [3.63, 3.8) is 0 Å². The van der Waals surface area contributed by atoms with E-state index in [1.165, 1.54) is 6.92 Å². The van der Waals surface area contributed by atoms with Crippen molar-refractivity contribution >= 4 is 0 Å². The van der Waals surface area contributed by atoms with Gasteiger partial charge in [-0.05, 0) is 6.92 Å². The summed E-state index contributed by atoms with van der Waals surface area (Å²) < 4.78 is 4.65. The molecule has 5 atom stereocenters. The van der Waals surface area contributed by atoms with Crippen molar-refractivity contribution in [2.24, 2.45) is 0 Å². The van der Waals surface area contributed by atoms with Crippen LogP contribution in [-0.4, -0.2) is 51.1 Å². The van der Waals surface area contributed by atoms with Crippen LogP contribution in [0.15, 0.2) is 0 Å². The number of hydrogen-bond acceptors (Lipinski definition) is 5. The zero-order chi connectivity index (χ0) is 8.59. The van der Waals surface area contributed by atoms with Gasteiger partial charge in [0.25, 0.3) is 0 Å². The van der Waals surface area contributed by atoms with Gasteiger partial charge in [0.1, 0.15) is 18.3 Å². The molecule has 0 bridgehead atoms. The zero-order valence-electron chi connectivity index (χ0n) is 6.08. The Hall–Kier alpha value is -0.200. The summed E-state index contributed by atoms with van der Waals surface area (Å²) in [4.78, 5) is 0. The Morgan fingerprint density at radius 2 is 1.73 bits per heavy atom. The maximum absolute atomic E-state index is 9.10. The van der Waals surface area contributed by atoms with E-state index in [4.69, 9.17) is 20.4 Å². The van der Waals surface area contributed by atoms with Gasteiger partial charge in [0, 0.05) is 0 Å². The first-order valence-electron chi connectivity index (χ1n) is 3.41.